The van der Waals surface area contributed by atoms with E-state index in [1.165, 1.54) is 4.88 Å². The van der Waals surface area contributed by atoms with Gasteiger partial charge in [-0.15, -0.1) is 11.3 Å². The Morgan fingerprint density at radius 1 is 1.20 bits per heavy atom. The van der Waals surface area contributed by atoms with E-state index in [1.807, 2.05) is 29.6 Å². The molecule has 1 unspecified atom stereocenters. The van der Waals surface area contributed by atoms with Crippen molar-refractivity contribution in [2.75, 3.05) is 0 Å². The van der Waals surface area contributed by atoms with E-state index in [0.717, 1.165) is 24.8 Å². The molecule has 0 bridgehead atoms. The van der Waals surface area contributed by atoms with Crippen LogP contribution in [0.1, 0.15) is 42.7 Å². The van der Waals surface area contributed by atoms with Crippen molar-refractivity contribution in [1.29, 1.82) is 0 Å². The van der Waals surface area contributed by atoms with Crippen LogP contribution in [-0.4, -0.2) is 5.91 Å². The van der Waals surface area contributed by atoms with Crippen LogP contribution in [0.4, 0.5) is 0 Å². The topological polar surface area (TPSA) is 29.1 Å². The maximum Gasteiger partial charge on any atom is 0.231 e. The lowest BCUT2D eigenvalue weighted by Gasteiger charge is -2.41. The molecule has 2 aromatic rings. The molecule has 1 N–H and O–H groups in total. The molecule has 0 spiro atoms. The molecule has 1 aromatic heterocycles. The fourth-order valence-corrected chi connectivity index (χ4v) is 3.61. The fourth-order valence-electron chi connectivity index (χ4n) is 2.88. The van der Waals surface area contributed by atoms with Gasteiger partial charge in [-0.1, -0.05) is 42.8 Å². The van der Waals surface area contributed by atoms with Crippen molar-refractivity contribution in [3.8, 4) is 0 Å². The summed E-state index contributed by atoms with van der Waals surface area (Å²) in [6.07, 6.45) is 3.05. The van der Waals surface area contributed by atoms with E-state index in [1.54, 1.807) is 11.3 Å². The summed E-state index contributed by atoms with van der Waals surface area (Å²) < 4.78 is 0. The number of hydrogen-bond acceptors (Lipinski definition) is 2. The second-order valence-corrected chi connectivity index (χ2v) is 6.49. The van der Waals surface area contributed by atoms with Crippen molar-refractivity contribution in [3.05, 3.63) is 58.3 Å². The van der Waals surface area contributed by atoms with Gasteiger partial charge in [-0.2, -0.15) is 0 Å². The van der Waals surface area contributed by atoms with E-state index < -0.39 is 0 Å². The molecule has 1 amide bonds. The lowest BCUT2D eigenvalue weighted by Crippen LogP contribution is -2.49. The summed E-state index contributed by atoms with van der Waals surface area (Å²) in [6.45, 7) is 2.06. The third-order valence-corrected chi connectivity index (χ3v) is 5.34. The van der Waals surface area contributed by atoms with Gasteiger partial charge in [0.05, 0.1) is 11.5 Å². The molecule has 1 aromatic carbocycles. The second-order valence-electron chi connectivity index (χ2n) is 5.51. The molecule has 20 heavy (non-hydrogen) atoms. The number of nitrogens with one attached hydrogen (secondary N) is 1. The molecule has 104 valence electrons. The normalized spacial score (nSPS) is 18.1. The average Bonchev–Trinajstić information content (AvgIpc) is 2.92. The van der Waals surface area contributed by atoms with Crippen LogP contribution in [0, 0.1) is 0 Å². The number of thiophene rings is 1. The number of benzene rings is 1. The van der Waals surface area contributed by atoms with E-state index in [9.17, 15) is 4.79 Å². The first kappa shape index (κ1) is 13.4. The van der Waals surface area contributed by atoms with Crippen LogP contribution in [0.5, 0.6) is 0 Å². The van der Waals surface area contributed by atoms with Crippen molar-refractivity contribution >= 4 is 17.2 Å². The molecule has 0 radical (unpaired) electrons. The second kappa shape index (κ2) is 5.41. The molecule has 1 atom stereocenters. The summed E-state index contributed by atoms with van der Waals surface area (Å²) in [5.74, 6) is 0.177. The third kappa shape index (κ3) is 2.27. The van der Waals surface area contributed by atoms with Crippen molar-refractivity contribution in [3.63, 3.8) is 0 Å². The molecule has 1 heterocycles. The first-order chi connectivity index (χ1) is 9.72. The Labute approximate surface area is 123 Å². The van der Waals surface area contributed by atoms with Crippen LogP contribution in [0.25, 0.3) is 0 Å². The van der Waals surface area contributed by atoms with Crippen LogP contribution in [0.2, 0.25) is 0 Å². The van der Waals surface area contributed by atoms with Gasteiger partial charge in [0, 0.05) is 4.88 Å². The maximum atomic E-state index is 12.7. The average molecular weight is 285 g/mol. The molecule has 0 aliphatic heterocycles. The summed E-state index contributed by atoms with van der Waals surface area (Å²) >= 11 is 1.69. The molecule has 3 rings (SSSR count). The van der Waals surface area contributed by atoms with E-state index >= 15 is 0 Å². The third-order valence-electron chi connectivity index (χ3n) is 4.29. The van der Waals surface area contributed by atoms with Crippen LogP contribution in [-0.2, 0) is 10.2 Å². The van der Waals surface area contributed by atoms with Crippen LogP contribution in [0.3, 0.4) is 0 Å². The molecular weight excluding hydrogens is 266 g/mol. The summed E-state index contributed by atoms with van der Waals surface area (Å²) in [7, 11) is 0. The molecule has 1 aliphatic rings. The number of carbonyl (C=O) groups is 1. The van der Waals surface area contributed by atoms with Crippen LogP contribution in [0.15, 0.2) is 47.8 Å². The molecule has 2 nitrogen and oxygen atoms in total. The van der Waals surface area contributed by atoms with Crippen molar-refractivity contribution in [2.24, 2.45) is 0 Å². The van der Waals surface area contributed by atoms with Gasteiger partial charge < -0.3 is 5.32 Å². The smallest absolute Gasteiger partial charge is 0.231 e. The SMILES string of the molecule is CC(NC(=O)C1(c2ccccc2)CCC1)c1cccs1. The van der Waals surface area contributed by atoms with Crippen LogP contribution >= 0.6 is 11.3 Å². The van der Waals surface area contributed by atoms with Gasteiger partial charge in [0.2, 0.25) is 5.91 Å². The van der Waals surface area contributed by atoms with Crippen molar-refractivity contribution in [1.82, 2.24) is 5.32 Å². The summed E-state index contributed by atoms with van der Waals surface area (Å²) in [5.41, 5.74) is 0.856. The van der Waals surface area contributed by atoms with Gasteiger partial charge >= 0.3 is 0 Å². The first-order valence-electron chi connectivity index (χ1n) is 7.12. The first-order valence-corrected chi connectivity index (χ1v) is 8.00. The number of rotatable bonds is 4. The molecular formula is C17H19NOS. The quantitative estimate of drug-likeness (QED) is 0.902. The molecule has 1 fully saturated rings. The minimum atomic E-state index is -0.299. The largest absolute Gasteiger partial charge is 0.348 e. The molecule has 3 heteroatoms. The van der Waals surface area contributed by atoms with Crippen molar-refractivity contribution < 1.29 is 4.79 Å². The summed E-state index contributed by atoms with van der Waals surface area (Å²) in [4.78, 5) is 14.0. The van der Waals surface area contributed by atoms with Gasteiger partial charge in [-0.3, -0.25) is 4.79 Å². The van der Waals surface area contributed by atoms with E-state index in [2.05, 4.69) is 30.4 Å². The predicted octanol–water partition coefficient (Wildman–Crippen LogP) is 4.05. The number of amides is 1. The highest BCUT2D eigenvalue weighted by Gasteiger charge is 2.45. The van der Waals surface area contributed by atoms with Gasteiger partial charge in [0.25, 0.3) is 0 Å². The minimum absolute atomic E-state index is 0.0867. The van der Waals surface area contributed by atoms with E-state index in [4.69, 9.17) is 0 Å². The Hall–Kier alpha value is -1.61. The lowest BCUT2D eigenvalue weighted by molar-refractivity contribution is -0.130. The number of hydrogen-bond donors (Lipinski definition) is 1. The Balaban J connectivity index is 1.78. The maximum absolute atomic E-state index is 12.7. The zero-order valence-electron chi connectivity index (χ0n) is 11.6. The summed E-state index contributed by atoms with van der Waals surface area (Å²) in [5, 5.41) is 5.24. The van der Waals surface area contributed by atoms with Gasteiger partial charge in [0.15, 0.2) is 0 Å². The van der Waals surface area contributed by atoms with E-state index in [-0.39, 0.29) is 17.4 Å². The Kier molecular flexibility index (Phi) is 3.62. The highest BCUT2D eigenvalue weighted by Crippen LogP contribution is 2.44. The molecule has 1 saturated carbocycles. The Bertz CT molecular complexity index is 572. The van der Waals surface area contributed by atoms with Gasteiger partial charge in [-0.25, -0.2) is 0 Å². The van der Waals surface area contributed by atoms with E-state index in [0.29, 0.717) is 0 Å². The predicted molar refractivity (Wildman–Crippen MR) is 82.8 cm³/mol. The highest BCUT2D eigenvalue weighted by atomic mass is 32.1. The summed E-state index contributed by atoms with van der Waals surface area (Å²) in [6, 6.07) is 14.4. The zero-order chi connectivity index (χ0) is 14.0. The van der Waals surface area contributed by atoms with Crippen LogP contribution < -0.4 is 5.32 Å². The highest BCUT2D eigenvalue weighted by molar-refractivity contribution is 7.10. The van der Waals surface area contributed by atoms with Gasteiger partial charge in [-0.05, 0) is 36.8 Å². The van der Waals surface area contributed by atoms with Gasteiger partial charge in [0.1, 0.15) is 0 Å². The molecule has 0 saturated heterocycles. The molecule has 1 aliphatic carbocycles. The standard InChI is InChI=1S/C17H19NOS/c1-13(15-9-5-12-20-15)18-16(19)17(10-6-11-17)14-7-3-2-4-8-14/h2-5,7-9,12-13H,6,10-11H2,1H3,(H,18,19). The number of carbonyl (C=O) groups excluding carboxylic acids is 1. The zero-order valence-corrected chi connectivity index (χ0v) is 12.5. The lowest BCUT2D eigenvalue weighted by atomic mass is 9.63. The minimum Gasteiger partial charge on any atom is -0.348 e. The monoisotopic (exact) mass is 285 g/mol. The Morgan fingerprint density at radius 2 is 1.95 bits per heavy atom. The Morgan fingerprint density at radius 3 is 2.50 bits per heavy atom. The van der Waals surface area contributed by atoms with Crippen molar-refractivity contribution in [2.45, 2.75) is 37.6 Å². The fraction of sp³-hybridized carbons (Fsp3) is 0.353.